The number of aryl methyl sites for hydroxylation is 1. The van der Waals surface area contributed by atoms with Crippen LogP contribution in [0.2, 0.25) is 0 Å². The Bertz CT molecular complexity index is 557. The Kier molecular flexibility index (Phi) is 3.79. The Morgan fingerprint density at radius 3 is 2.67 bits per heavy atom. The fourth-order valence-electron chi connectivity index (χ4n) is 2.02. The van der Waals surface area contributed by atoms with Crippen LogP contribution in [-0.2, 0) is 21.4 Å². The number of carbonyl (C=O) groups is 2. The first-order chi connectivity index (χ1) is 9.68. The molecule has 0 spiro atoms. The SMILES string of the molecule is CN1CC(Nc2cnn(C)c2)C(OC(=O)C(F)(F)F)C1=O. The van der Waals surface area contributed by atoms with Gasteiger partial charge in [-0.1, -0.05) is 0 Å². The third-order valence-electron chi connectivity index (χ3n) is 2.98. The van der Waals surface area contributed by atoms with Crippen LogP contribution in [0, 0.1) is 0 Å². The second-order valence-electron chi connectivity index (χ2n) is 4.70. The molecule has 7 nitrogen and oxygen atoms in total. The van der Waals surface area contributed by atoms with Crippen molar-refractivity contribution in [2.45, 2.75) is 18.3 Å². The van der Waals surface area contributed by atoms with Gasteiger partial charge < -0.3 is 15.0 Å². The molecule has 1 aliphatic rings. The van der Waals surface area contributed by atoms with Gasteiger partial charge in [0.1, 0.15) is 0 Å². The summed E-state index contributed by atoms with van der Waals surface area (Å²) in [5.74, 6) is -3.07. The minimum atomic E-state index is -5.14. The van der Waals surface area contributed by atoms with Crippen molar-refractivity contribution < 1.29 is 27.5 Å². The minimum Gasteiger partial charge on any atom is -0.443 e. The van der Waals surface area contributed by atoms with Crippen LogP contribution in [0.1, 0.15) is 0 Å². The van der Waals surface area contributed by atoms with Crippen molar-refractivity contribution in [2.24, 2.45) is 7.05 Å². The lowest BCUT2D eigenvalue weighted by Crippen LogP contribution is -2.41. The number of anilines is 1. The molecule has 0 bridgehead atoms. The van der Waals surface area contributed by atoms with Gasteiger partial charge in [0.15, 0.2) is 0 Å². The minimum absolute atomic E-state index is 0.115. The third kappa shape index (κ3) is 3.26. The number of halogens is 3. The molecule has 2 heterocycles. The lowest BCUT2D eigenvalue weighted by Gasteiger charge is -2.19. The van der Waals surface area contributed by atoms with Crippen molar-refractivity contribution in [3.8, 4) is 0 Å². The highest BCUT2D eigenvalue weighted by Gasteiger charge is 2.48. The summed E-state index contributed by atoms with van der Waals surface area (Å²) in [5.41, 5.74) is 0.513. The zero-order chi connectivity index (χ0) is 15.8. The lowest BCUT2D eigenvalue weighted by atomic mass is 10.2. The number of ether oxygens (including phenoxy) is 1. The fraction of sp³-hybridized carbons (Fsp3) is 0.545. The van der Waals surface area contributed by atoms with E-state index in [1.54, 1.807) is 13.2 Å². The summed E-state index contributed by atoms with van der Waals surface area (Å²) in [6.07, 6.45) is -3.62. The van der Waals surface area contributed by atoms with Gasteiger partial charge in [0, 0.05) is 26.8 Å². The van der Waals surface area contributed by atoms with E-state index < -0.39 is 30.2 Å². The van der Waals surface area contributed by atoms with E-state index in [0.29, 0.717) is 5.69 Å². The van der Waals surface area contributed by atoms with E-state index in [2.05, 4.69) is 15.2 Å². The Morgan fingerprint density at radius 2 is 2.14 bits per heavy atom. The number of hydrogen-bond acceptors (Lipinski definition) is 5. The Hall–Kier alpha value is -2.26. The summed E-state index contributed by atoms with van der Waals surface area (Å²) in [4.78, 5) is 23.9. The molecular formula is C11H13F3N4O3. The average molecular weight is 306 g/mol. The molecule has 1 aromatic rings. The largest absolute Gasteiger partial charge is 0.490 e. The van der Waals surface area contributed by atoms with Crippen LogP contribution in [0.3, 0.4) is 0 Å². The Balaban J connectivity index is 2.11. The summed E-state index contributed by atoms with van der Waals surface area (Å²) in [6.45, 7) is 0.115. The molecule has 0 aliphatic carbocycles. The van der Waals surface area contributed by atoms with Gasteiger partial charge in [0.05, 0.1) is 17.9 Å². The standard InChI is InChI=1S/C11H13F3N4O3/c1-17-5-7(16-6-3-15-18(2)4-6)8(9(17)19)21-10(20)11(12,13)14/h3-4,7-8,16H,5H2,1-2H3. The number of amides is 1. The van der Waals surface area contributed by atoms with Crippen molar-refractivity contribution in [1.82, 2.24) is 14.7 Å². The molecule has 1 aromatic heterocycles. The predicted molar refractivity (Wildman–Crippen MR) is 64.2 cm³/mol. The molecule has 2 atom stereocenters. The molecule has 1 saturated heterocycles. The lowest BCUT2D eigenvalue weighted by molar-refractivity contribution is -0.205. The number of aromatic nitrogens is 2. The maximum atomic E-state index is 12.3. The summed E-state index contributed by atoms with van der Waals surface area (Å²) in [7, 11) is 3.08. The quantitative estimate of drug-likeness (QED) is 0.804. The zero-order valence-electron chi connectivity index (χ0n) is 11.2. The maximum Gasteiger partial charge on any atom is 0.490 e. The summed E-state index contributed by atoms with van der Waals surface area (Å²) in [5, 5.41) is 6.73. The number of rotatable bonds is 3. The first kappa shape index (κ1) is 15.1. The van der Waals surface area contributed by atoms with Crippen LogP contribution in [0.5, 0.6) is 0 Å². The van der Waals surface area contributed by atoms with E-state index in [9.17, 15) is 22.8 Å². The van der Waals surface area contributed by atoms with Crippen molar-refractivity contribution in [3.05, 3.63) is 12.4 Å². The van der Waals surface area contributed by atoms with Gasteiger partial charge in [-0.3, -0.25) is 9.48 Å². The zero-order valence-corrected chi connectivity index (χ0v) is 11.2. The molecule has 1 N–H and O–H groups in total. The van der Waals surface area contributed by atoms with Gasteiger partial charge >= 0.3 is 12.1 Å². The van der Waals surface area contributed by atoms with Crippen molar-refractivity contribution in [3.63, 3.8) is 0 Å². The van der Waals surface area contributed by atoms with Crippen LogP contribution in [-0.4, -0.2) is 58.5 Å². The molecule has 0 aromatic carbocycles. The van der Waals surface area contributed by atoms with E-state index >= 15 is 0 Å². The maximum absolute atomic E-state index is 12.3. The number of nitrogens with zero attached hydrogens (tertiary/aromatic N) is 3. The molecule has 2 rings (SSSR count). The molecule has 2 unspecified atom stereocenters. The highest BCUT2D eigenvalue weighted by molar-refractivity contribution is 5.88. The van der Waals surface area contributed by atoms with Gasteiger partial charge in [0.2, 0.25) is 6.10 Å². The van der Waals surface area contributed by atoms with Crippen LogP contribution in [0.4, 0.5) is 18.9 Å². The van der Waals surface area contributed by atoms with E-state index in [-0.39, 0.29) is 6.54 Å². The summed E-state index contributed by atoms with van der Waals surface area (Å²) < 4.78 is 42.5. The number of hydrogen-bond donors (Lipinski definition) is 1. The topological polar surface area (TPSA) is 76.5 Å². The van der Waals surface area contributed by atoms with Crippen LogP contribution >= 0.6 is 0 Å². The number of carbonyl (C=O) groups excluding carboxylic acids is 2. The van der Waals surface area contributed by atoms with E-state index in [0.717, 1.165) is 0 Å². The van der Waals surface area contributed by atoms with Crippen LogP contribution in [0.25, 0.3) is 0 Å². The molecule has 0 radical (unpaired) electrons. The smallest absolute Gasteiger partial charge is 0.443 e. The van der Waals surface area contributed by atoms with Gasteiger partial charge in [-0.05, 0) is 0 Å². The number of esters is 1. The second kappa shape index (κ2) is 5.26. The van der Waals surface area contributed by atoms with Crippen molar-refractivity contribution >= 4 is 17.6 Å². The molecule has 10 heteroatoms. The van der Waals surface area contributed by atoms with E-state index in [1.807, 2.05) is 0 Å². The van der Waals surface area contributed by atoms with E-state index in [1.165, 1.54) is 22.8 Å². The number of likely N-dealkylation sites (N-methyl/N-ethyl adjacent to an activating group) is 1. The summed E-state index contributed by atoms with van der Waals surface area (Å²) >= 11 is 0. The number of alkyl halides is 3. The molecule has 116 valence electrons. The van der Waals surface area contributed by atoms with Gasteiger partial charge in [-0.25, -0.2) is 4.79 Å². The molecule has 1 amide bonds. The highest BCUT2D eigenvalue weighted by Crippen LogP contribution is 2.23. The highest BCUT2D eigenvalue weighted by atomic mass is 19.4. The predicted octanol–water partition coefficient (Wildman–Crippen LogP) is 0.147. The normalized spacial score (nSPS) is 22.5. The third-order valence-corrected chi connectivity index (χ3v) is 2.98. The average Bonchev–Trinajstić information content (AvgIpc) is 2.87. The second-order valence-corrected chi connectivity index (χ2v) is 4.70. The van der Waals surface area contributed by atoms with Crippen molar-refractivity contribution in [2.75, 3.05) is 18.9 Å². The molecule has 0 saturated carbocycles. The summed E-state index contributed by atoms with van der Waals surface area (Å²) in [6, 6.07) is -0.780. The van der Waals surface area contributed by atoms with Gasteiger partial charge in [-0.2, -0.15) is 18.3 Å². The Morgan fingerprint density at radius 1 is 1.48 bits per heavy atom. The fourth-order valence-corrected chi connectivity index (χ4v) is 2.02. The van der Waals surface area contributed by atoms with E-state index in [4.69, 9.17) is 0 Å². The first-order valence-electron chi connectivity index (χ1n) is 5.96. The van der Waals surface area contributed by atoms with Gasteiger partial charge in [-0.15, -0.1) is 0 Å². The number of likely N-dealkylation sites (tertiary alicyclic amines) is 1. The van der Waals surface area contributed by atoms with Crippen LogP contribution < -0.4 is 5.32 Å². The molecule has 1 fully saturated rings. The van der Waals surface area contributed by atoms with Gasteiger partial charge in [0.25, 0.3) is 5.91 Å². The molecule has 1 aliphatic heterocycles. The molecule has 21 heavy (non-hydrogen) atoms. The molecular weight excluding hydrogens is 293 g/mol. The monoisotopic (exact) mass is 306 g/mol. The van der Waals surface area contributed by atoms with Crippen LogP contribution in [0.15, 0.2) is 12.4 Å². The van der Waals surface area contributed by atoms with Crippen molar-refractivity contribution in [1.29, 1.82) is 0 Å². The Labute approximate surface area is 117 Å². The number of nitrogens with one attached hydrogen (secondary N) is 1. The first-order valence-corrected chi connectivity index (χ1v) is 5.96.